The van der Waals surface area contributed by atoms with Crippen LogP contribution in [0.15, 0.2) is 11.3 Å². The molecule has 1 heterocycles. The second-order valence-electron chi connectivity index (χ2n) is 4.51. The molecule has 2 unspecified atom stereocenters. The van der Waals surface area contributed by atoms with Crippen LogP contribution in [-0.4, -0.2) is 22.8 Å². The van der Waals surface area contributed by atoms with Crippen molar-refractivity contribution in [3.8, 4) is 6.07 Å². The molecule has 0 aliphatic carbocycles. The van der Waals surface area contributed by atoms with Gasteiger partial charge in [0.05, 0.1) is 12.0 Å². The van der Waals surface area contributed by atoms with Gasteiger partial charge in [0.2, 0.25) is 0 Å². The summed E-state index contributed by atoms with van der Waals surface area (Å²) < 4.78 is 0. The molecule has 5 heteroatoms. The fraction of sp³-hybridized carbons (Fsp3) is 0.615. The molecule has 1 amide bonds. The molecule has 0 bridgehead atoms. The number of hydrogen-bond donors (Lipinski definition) is 2. The van der Waals surface area contributed by atoms with E-state index >= 15 is 0 Å². The second kappa shape index (κ2) is 6.20. The highest BCUT2D eigenvalue weighted by atomic mass is 16.3. The van der Waals surface area contributed by atoms with Crippen LogP contribution < -0.4 is 5.32 Å². The maximum Gasteiger partial charge on any atom is 0.259 e. The summed E-state index contributed by atoms with van der Waals surface area (Å²) in [5.41, 5.74) is -0.212. The summed E-state index contributed by atoms with van der Waals surface area (Å²) in [6.07, 6.45) is 3.46. The zero-order valence-electron chi connectivity index (χ0n) is 10.7. The molecular formula is C13H18N2O3. The number of amides is 1. The fourth-order valence-electron chi connectivity index (χ4n) is 2.09. The van der Waals surface area contributed by atoms with E-state index in [1.54, 1.807) is 0 Å². The number of nitrogens with zero attached hydrogens (tertiary/aromatic N) is 1. The van der Waals surface area contributed by atoms with E-state index in [0.29, 0.717) is 6.42 Å². The van der Waals surface area contributed by atoms with Crippen molar-refractivity contribution in [1.82, 2.24) is 5.32 Å². The maximum absolute atomic E-state index is 11.9. The van der Waals surface area contributed by atoms with E-state index in [-0.39, 0.29) is 11.3 Å². The van der Waals surface area contributed by atoms with Crippen LogP contribution in [-0.2, 0) is 9.59 Å². The first-order valence-corrected chi connectivity index (χ1v) is 6.17. The third kappa shape index (κ3) is 2.89. The number of aliphatic hydroxyl groups excluding tert-OH is 1. The third-order valence-electron chi connectivity index (χ3n) is 3.09. The summed E-state index contributed by atoms with van der Waals surface area (Å²) in [6.45, 7) is 3.35. The Morgan fingerprint density at radius 3 is 2.61 bits per heavy atom. The van der Waals surface area contributed by atoms with Crippen molar-refractivity contribution in [1.29, 1.82) is 5.26 Å². The first-order valence-electron chi connectivity index (χ1n) is 6.17. The molecule has 1 aliphatic heterocycles. The Hall–Kier alpha value is -1.83. The van der Waals surface area contributed by atoms with Crippen molar-refractivity contribution in [2.45, 2.75) is 45.6 Å². The Morgan fingerprint density at radius 2 is 2.17 bits per heavy atom. The number of nitriles is 1. The van der Waals surface area contributed by atoms with E-state index in [9.17, 15) is 14.7 Å². The van der Waals surface area contributed by atoms with Gasteiger partial charge in [0, 0.05) is 0 Å². The van der Waals surface area contributed by atoms with Crippen LogP contribution >= 0.6 is 0 Å². The zero-order chi connectivity index (χ0) is 13.7. The number of nitrogens with one attached hydrogen (secondary N) is 1. The first kappa shape index (κ1) is 14.2. The van der Waals surface area contributed by atoms with Gasteiger partial charge >= 0.3 is 0 Å². The minimum atomic E-state index is -0.809. The number of aliphatic hydroxyl groups is 1. The van der Waals surface area contributed by atoms with E-state index in [0.717, 1.165) is 19.3 Å². The van der Waals surface area contributed by atoms with Crippen LogP contribution in [0, 0.1) is 17.2 Å². The molecule has 0 aromatic carbocycles. The van der Waals surface area contributed by atoms with Crippen molar-refractivity contribution in [3.63, 3.8) is 0 Å². The summed E-state index contributed by atoms with van der Waals surface area (Å²) in [6, 6.07) is 1.26. The van der Waals surface area contributed by atoms with Crippen LogP contribution in [0.1, 0.15) is 39.5 Å². The van der Waals surface area contributed by atoms with Crippen LogP contribution in [0.4, 0.5) is 0 Å². The van der Waals surface area contributed by atoms with Gasteiger partial charge < -0.3 is 10.4 Å². The fourth-order valence-corrected chi connectivity index (χ4v) is 2.09. The lowest BCUT2D eigenvalue weighted by Gasteiger charge is -2.14. The van der Waals surface area contributed by atoms with Crippen molar-refractivity contribution >= 4 is 11.7 Å². The minimum Gasteiger partial charge on any atom is -0.512 e. The molecule has 1 aliphatic rings. The Morgan fingerprint density at radius 1 is 1.50 bits per heavy atom. The number of carbonyl (C=O) groups excluding carboxylic acids is 2. The van der Waals surface area contributed by atoms with Crippen LogP contribution in [0.3, 0.4) is 0 Å². The standard InChI is InChI=1S/C13H18N2O3/c1-3-4-5-6-9(7-14)11-12(17)10(8(2)16)13(18)15-11/h9,11,16H,3-6H2,1-2H3,(H,15,18)/b10-8-. The zero-order valence-corrected chi connectivity index (χ0v) is 10.7. The van der Waals surface area contributed by atoms with Gasteiger partial charge in [0.15, 0.2) is 5.78 Å². The SMILES string of the molecule is CCCCCC(C#N)C1NC(=O)/C(=C(/C)O)C1=O. The van der Waals surface area contributed by atoms with Crippen LogP contribution in [0.2, 0.25) is 0 Å². The van der Waals surface area contributed by atoms with Crippen molar-refractivity contribution < 1.29 is 14.7 Å². The Labute approximate surface area is 106 Å². The first-order chi connectivity index (χ1) is 8.52. The summed E-state index contributed by atoms with van der Waals surface area (Å²) in [4.78, 5) is 23.5. The Kier molecular flexibility index (Phi) is 4.90. The topological polar surface area (TPSA) is 90.2 Å². The van der Waals surface area contributed by atoms with Crippen LogP contribution in [0.25, 0.3) is 0 Å². The molecule has 5 nitrogen and oxygen atoms in total. The Bertz CT molecular complexity index is 416. The quantitative estimate of drug-likeness (QED) is 0.335. The molecule has 0 radical (unpaired) electrons. The average molecular weight is 250 g/mol. The number of ketones is 1. The van der Waals surface area contributed by atoms with E-state index < -0.39 is 23.7 Å². The smallest absolute Gasteiger partial charge is 0.259 e. The van der Waals surface area contributed by atoms with Crippen molar-refractivity contribution in [3.05, 3.63) is 11.3 Å². The van der Waals surface area contributed by atoms with Gasteiger partial charge in [0.1, 0.15) is 17.4 Å². The lowest BCUT2D eigenvalue weighted by Crippen LogP contribution is -2.36. The van der Waals surface area contributed by atoms with Crippen molar-refractivity contribution in [2.75, 3.05) is 0 Å². The Balaban J connectivity index is 2.79. The van der Waals surface area contributed by atoms with Gasteiger partial charge in [-0.25, -0.2) is 0 Å². The molecule has 2 N–H and O–H groups in total. The molecule has 1 saturated heterocycles. The van der Waals surface area contributed by atoms with E-state index in [2.05, 4.69) is 18.3 Å². The highest BCUT2D eigenvalue weighted by Gasteiger charge is 2.41. The number of hydrogen-bond acceptors (Lipinski definition) is 4. The average Bonchev–Trinajstić information content (AvgIpc) is 2.60. The normalized spacial score (nSPS) is 23.5. The lowest BCUT2D eigenvalue weighted by molar-refractivity contribution is -0.117. The molecule has 0 saturated carbocycles. The highest BCUT2D eigenvalue weighted by Crippen LogP contribution is 2.22. The maximum atomic E-state index is 11.9. The number of rotatable bonds is 5. The molecule has 1 rings (SSSR count). The van der Waals surface area contributed by atoms with Gasteiger partial charge in [-0.1, -0.05) is 26.2 Å². The molecule has 2 atom stereocenters. The molecule has 0 aromatic rings. The van der Waals surface area contributed by atoms with Crippen LogP contribution in [0.5, 0.6) is 0 Å². The van der Waals surface area contributed by atoms with E-state index in [1.165, 1.54) is 6.92 Å². The minimum absolute atomic E-state index is 0.212. The monoisotopic (exact) mass is 250 g/mol. The molecule has 0 spiro atoms. The molecular weight excluding hydrogens is 232 g/mol. The summed E-state index contributed by atoms with van der Waals surface area (Å²) in [7, 11) is 0. The summed E-state index contributed by atoms with van der Waals surface area (Å²) >= 11 is 0. The number of allylic oxidation sites excluding steroid dienone is 1. The highest BCUT2D eigenvalue weighted by molar-refractivity contribution is 6.27. The number of unbranched alkanes of at least 4 members (excludes halogenated alkanes) is 2. The van der Waals surface area contributed by atoms with E-state index in [1.807, 2.05) is 0 Å². The third-order valence-corrected chi connectivity index (χ3v) is 3.09. The van der Waals surface area contributed by atoms with Gasteiger partial charge in [-0.3, -0.25) is 9.59 Å². The summed E-state index contributed by atoms with van der Waals surface area (Å²) in [5.74, 6) is -1.86. The number of Topliss-reactive ketones (excluding diaryl/α,β-unsaturated/α-hetero) is 1. The van der Waals surface area contributed by atoms with E-state index in [4.69, 9.17) is 5.26 Å². The number of carbonyl (C=O) groups is 2. The van der Waals surface area contributed by atoms with Gasteiger partial charge in [0.25, 0.3) is 5.91 Å². The molecule has 98 valence electrons. The molecule has 18 heavy (non-hydrogen) atoms. The molecule has 1 fully saturated rings. The van der Waals surface area contributed by atoms with Gasteiger partial charge in [-0.2, -0.15) is 5.26 Å². The summed E-state index contributed by atoms with van der Waals surface area (Å²) in [5, 5.41) is 20.9. The lowest BCUT2D eigenvalue weighted by atomic mass is 9.92. The predicted molar refractivity (Wildman–Crippen MR) is 65.5 cm³/mol. The largest absolute Gasteiger partial charge is 0.512 e. The van der Waals surface area contributed by atoms with Gasteiger partial charge in [-0.05, 0) is 13.3 Å². The van der Waals surface area contributed by atoms with Crippen molar-refractivity contribution in [2.24, 2.45) is 5.92 Å². The second-order valence-corrected chi connectivity index (χ2v) is 4.51. The molecule has 0 aromatic heterocycles. The predicted octanol–water partition coefficient (Wildman–Crippen LogP) is 1.61. The van der Waals surface area contributed by atoms with Gasteiger partial charge in [-0.15, -0.1) is 0 Å².